The number of para-hydroxylation sites is 1. The van der Waals surface area contributed by atoms with E-state index in [-0.39, 0.29) is 5.91 Å². The van der Waals surface area contributed by atoms with Crippen molar-refractivity contribution in [1.82, 2.24) is 9.88 Å². The third-order valence-electron chi connectivity index (χ3n) is 6.06. The van der Waals surface area contributed by atoms with E-state index in [0.29, 0.717) is 5.92 Å². The molecule has 2 aliphatic heterocycles. The molecular weight excluding hydrogens is 334 g/mol. The first kappa shape index (κ1) is 18.3. The van der Waals surface area contributed by atoms with Gasteiger partial charge in [0, 0.05) is 31.6 Å². The molecule has 1 amide bonds. The summed E-state index contributed by atoms with van der Waals surface area (Å²) in [5.41, 5.74) is 1.76. The van der Waals surface area contributed by atoms with Gasteiger partial charge >= 0.3 is 0 Å². The van der Waals surface area contributed by atoms with E-state index in [4.69, 9.17) is 4.98 Å². The van der Waals surface area contributed by atoms with Crippen molar-refractivity contribution in [3.05, 3.63) is 35.9 Å². The average Bonchev–Trinajstić information content (AvgIpc) is 2.66. The van der Waals surface area contributed by atoms with Crippen molar-refractivity contribution < 1.29 is 4.79 Å². The highest BCUT2D eigenvalue weighted by atomic mass is 16.2. The van der Waals surface area contributed by atoms with Crippen molar-refractivity contribution >= 4 is 22.6 Å². The first-order chi connectivity index (χ1) is 13.2. The maximum Gasteiger partial charge on any atom is 0.254 e. The molecule has 4 heteroatoms. The number of hydrogen-bond donors (Lipinski definition) is 0. The molecule has 1 atom stereocenters. The van der Waals surface area contributed by atoms with Gasteiger partial charge in [-0.2, -0.15) is 0 Å². The van der Waals surface area contributed by atoms with Gasteiger partial charge in [-0.05, 0) is 43.7 Å². The minimum atomic E-state index is 0.182. The zero-order valence-electron chi connectivity index (χ0n) is 16.5. The van der Waals surface area contributed by atoms with Crippen LogP contribution in [0.1, 0.15) is 62.2 Å². The fraction of sp³-hybridized carbons (Fsp3) is 0.565. The third-order valence-corrected chi connectivity index (χ3v) is 6.06. The molecule has 144 valence electrons. The normalized spacial score (nSPS) is 21.7. The molecule has 0 aliphatic carbocycles. The Balaban J connectivity index is 1.70. The van der Waals surface area contributed by atoms with Crippen LogP contribution in [0.4, 0.5) is 5.82 Å². The van der Waals surface area contributed by atoms with Crippen molar-refractivity contribution in [2.75, 3.05) is 31.1 Å². The Labute approximate surface area is 162 Å². The van der Waals surface area contributed by atoms with Gasteiger partial charge in [-0.3, -0.25) is 4.79 Å². The molecule has 3 heterocycles. The first-order valence-electron chi connectivity index (χ1n) is 10.7. The third kappa shape index (κ3) is 4.10. The molecular formula is C23H31N3O. The van der Waals surface area contributed by atoms with Crippen molar-refractivity contribution in [1.29, 1.82) is 0 Å². The Hall–Kier alpha value is -2.10. The first-order valence-corrected chi connectivity index (χ1v) is 10.7. The van der Waals surface area contributed by atoms with Crippen LogP contribution in [-0.2, 0) is 0 Å². The summed E-state index contributed by atoms with van der Waals surface area (Å²) >= 11 is 0. The molecule has 1 unspecified atom stereocenters. The fourth-order valence-electron chi connectivity index (χ4n) is 4.52. The lowest BCUT2D eigenvalue weighted by atomic mass is 9.99. The SMILES string of the molecule is CC1CCCN(c2cc(C(=O)N3CCCCCCC3)c3ccccc3n2)C1. The molecule has 4 rings (SSSR count). The second-order valence-corrected chi connectivity index (χ2v) is 8.30. The summed E-state index contributed by atoms with van der Waals surface area (Å²) < 4.78 is 0. The number of hydrogen-bond acceptors (Lipinski definition) is 3. The lowest BCUT2D eigenvalue weighted by Gasteiger charge is -2.32. The van der Waals surface area contributed by atoms with Gasteiger partial charge in [-0.15, -0.1) is 0 Å². The quantitative estimate of drug-likeness (QED) is 0.761. The van der Waals surface area contributed by atoms with E-state index < -0.39 is 0 Å². The number of fused-ring (bicyclic) bond motifs is 1. The summed E-state index contributed by atoms with van der Waals surface area (Å²) in [4.78, 5) is 22.8. The van der Waals surface area contributed by atoms with Crippen molar-refractivity contribution in [2.45, 2.75) is 51.9 Å². The van der Waals surface area contributed by atoms with Crippen LogP contribution < -0.4 is 4.90 Å². The van der Waals surface area contributed by atoms with Gasteiger partial charge in [-0.25, -0.2) is 4.98 Å². The Bertz CT molecular complexity index is 795. The van der Waals surface area contributed by atoms with Crippen LogP contribution in [0.3, 0.4) is 0 Å². The predicted molar refractivity (Wildman–Crippen MR) is 111 cm³/mol. The maximum atomic E-state index is 13.5. The predicted octanol–water partition coefficient (Wildman–Crippen LogP) is 4.88. The number of pyridine rings is 1. The number of nitrogens with zero attached hydrogens (tertiary/aromatic N) is 3. The number of amides is 1. The topological polar surface area (TPSA) is 36.4 Å². The number of piperidine rings is 1. The van der Waals surface area contributed by atoms with Gasteiger partial charge in [0.25, 0.3) is 5.91 Å². The summed E-state index contributed by atoms with van der Waals surface area (Å²) in [5.74, 6) is 1.83. The van der Waals surface area contributed by atoms with Gasteiger partial charge in [0.2, 0.25) is 0 Å². The van der Waals surface area contributed by atoms with Gasteiger partial charge in [0.15, 0.2) is 0 Å². The summed E-state index contributed by atoms with van der Waals surface area (Å²) in [6, 6.07) is 10.2. The molecule has 0 bridgehead atoms. The summed E-state index contributed by atoms with van der Waals surface area (Å²) in [6.07, 6.45) is 8.48. The van der Waals surface area contributed by atoms with Crippen LogP contribution in [0.15, 0.2) is 30.3 Å². The van der Waals surface area contributed by atoms with Crippen LogP contribution in [0.5, 0.6) is 0 Å². The minimum absolute atomic E-state index is 0.182. The van der Waals surface area contributed by atoms with E-state index >= 15 is 0 Å². The summed E-state index contributed by atoms with van der Waals surface area (Å²) in [5, 5.41) is 0.985. The zero-order valence-corrected chi connectivity index (χ0v) is 16.5. The number of carbonyl (C=O) groups excluding carboxylic acids is 1. The van der Waals surface area contributed by atoms with Crippen molar-refractivity contribution in [3.8, 4) is 0 Å². The van der Waals surface area contributed by atoms with Crippen LogP contribution in [-0.4, -0.2) is 42.0 Å². The molecule has 1 aromatic heterocycles. The average molecular weight is 366 g/mol. The van der Waals surface area contributed by atoms with E-state index in [2.05, 4.69) is 22.8 Å². The second-order valence-electron chi connectivity index (χ2n) is 8.30. The summed E-state index contributed by atoms with van der Waals surface area (Å²) in [6.45, 7) is 6.13. The largest absolute Gasteiger partial charge is 0.356 e. The Morgan fingerprint density at radius 1 is 1.00 bits per heavy atom. The number of likely N-dealkylation sites (tertiary alicyclic amines) is 1. The van der Waals surface area contributed by atoms with E-state index in [1.807, 2.05) is 24.3 Å². The standard InChI is InChI=1S/C23H31N3O/c1-18-10-9-15-26(17-18)22-16-20(19-11-5-6-12-21(19)24-22)23(27)25-13-7-3-2-4-8-14-25/h5-6,11-12,16,18H,2-4,7-10,13-15,17H2,1H3. The molecule has 1 aromatic carbocycles. The van der Waals surface area contributed by atoms with Gasteiger partial charge < -0.3 is 9.80 Å². The second kappa shape index (κ2) is 8.28. The molecule has 2 aliphatic rings. The van der Waals surface area contributed by atoms with Crippen LogP contribution in [0.25, 0.3) is 10.9 Å². The molecule has 2 aromatic rings. The van der Waals surface area contributed by atoms with Crippen molar-refractivity contribution in [3.63, 3.8) is 0 Å². The molecule has 0 spiro atoms. The highest BCUT2D eigenvalue weighted by Gasteiger charge is 2.23. The van der Waals surface area contributed by atoms with E-state index in [0.717, 1.165) is 61.3 Å². The van der Waals surface area contributed by atoms with Gasteiger partial charge in [0.1, 0.15) is 5.82 Å². The van der Waals surface area contributed by atoms with Gasteiger partial charge in [-0.1, -0.05) is 44.4 Å². The zero-order chi connectivity index (χ0) is 18.6. The number of aromatic nitrogens is 1. The Morgan fingerprint density at radius 3 is 2.52 bits per heavy atom. The highest BCUT2D eigenvalue weighted by Crippen LogP contribution is 2.28. The molecule has 2 fully saturated rings. The fourth-order valence-corrected chi connectivity index (χ4v) is 4.52. The highest BCUT2D eigenvalue weighted by molar-refractivity contribution is 6.07. The Morgan fingerprint density at radius 2 is 1.74 bits per heavy atom. The number of benzene rings is 1. The lowest BCUT2D eigenvalue weighted by molar-refractivity contribution is 0.0744. The molecule has 4 nitrogen and oxygen atoms in total. The van der Waals surface area contributed by atoms with Crippen LogP contribution in [0.2, 0.25) is 0 Å². The van der Waals surface area contributed by atoms with Gasteiger partial charge in [0.05, 0.1) is 11.1 Å². The summed E-state index contributed by atoms with van der Waals surface area (Å²) in [7, 11) is 0. The smallest absolute Gasteiger partial charge is 0.254 e. The molecule has 0 N–H and O–H groups in total. The maximum absolute atomic E-state index is 13.5. The Kier molecular flexibility index (Phi) is 5.61. The molecule has 27 heavy (non-hydrogen) atoms. The molecule has 0 radical (unpaired) electrons. The number of carbonyl (C=O) groups is 1. The van der Waals surface area contributed by atoms with E-state index in [9.17, 15) is 4.79 Å². The molecule has 2 saturated heterocycles. The monoisotopic (exact) mass is 365 g/mol. The lowest BCUT2D eigenvalue weighted by Crippen LogP contribution is -2.36. The van der Waals surface area contributed by atoms with E-state index in [1.54, 1.807) is 0 Å². The molecule has 0 saturated carbocycles. The number of anilines is 1. The van der Waals surface area contributed by atoms with Crippen molar-refractivity contribution in [2.24, 2.45) is 5.92 Å². The minimum Gasteiger partial charge on any atom is -0.356 e. The number of rotatable bonds is 2. The van der Waals surface area contributed by atoms with Crippen LogP contribution in [0, 0.1) is 5.92 Å². The van der Waals surface area contributed by atoms with E-state index in [1.165, 1.54) is 32.1 Å². The van der Waals surface area contributed by atoms with Crippen LogP contribution >= 0.6 is 0 Å².